The first-order chi connectivity index (χ1) is 10.2. The van der Waals surface area contributed by atoms with Crippen molar-refractivity contribution in [1.29, 1.82) is 0 Å². The third-order valence-corrected chi connectivity index (χ3v) is 4.01. The van der Waals surface area contributed by atoms with Gasteiger partial charge in [-0.3, -0.25) is 0 Å². The van der Waals surface area contributed by atoms with Crippen LogP contribution >= 0.6 is 11.6 Å². The molecule has 0 radical (unpaired) electrons. The molecule has 1 N–H and O–H groups in total. The van der Waals surface area contributed by atoms with E-state index in [0.717, 1.165) is 35.7 Å². The molecule has 0 amide bonds. The van der Waals surface area contributed by atoms with Crippen molar-refractivity contribution in [2.45, 2.75) is 19.4 Å². The highest BCUT2D eigenvalue weighted by Gasteiger charge is 2.18. The van der Waals surface area contributed by atoms with Crippen LogP contribution in [0.2, 0.25) is 5.02 Å². The molecule has 4 heterocycles. The maximum Gasteiger partial charge on any atom is 0.155 e. The van der Waals surface area contributed by atoms with E-state index >= 15 is 0 Å². The molecule has 21 heavy (non-hydrogen) atoms. The van der Waals surface area contributed by atoms with Crippen molar-refractivity contribution < 1.29 is 0 Å². The Hall–Kier alpha value is -1.98. The molecule has 0 bridgehead atoms. The van der Waals surface area contributed by atoms with Gasteiger partial charge in [-0.2, -0.15) is 5.10 Å². The van der Waals surface area contributed by atoms with Crippen molar-refractivity contribution in [3.05, 3.63) is 46.9 Å². The summed E-state index contributed by atoms with van der Waals surface area (Å²) in [5.74, 6) is 0. The van der Waals surface area contributed by atoms with Crippen LogP contribution in [0, 0.1) is 0 Å². The molecule has 0 aliphatic carbocycles. The fourth-order valence-corrected chi connectivity index (χ4v) is 2.87. The molecule has 4 rings (SSSR count). The minimum absolute atomic E-state index is 0.276. The molecule has 0 saturated heterocycles. The minimum Gasteiger partial charge on any atom is -0.309 e. The summed E-state index contributed by atoms with van der Waals surface area (Å²) in [5.41, 5.74) is 4.87. The highest BCUT2D eigenvalue weighted by atomic mass is 35.5. The van der Waals surface area contributed by atoms with E-state index in [1.54, 1.807) is 16.9 Å². The van der Waals surface area contributed by atoms with Crippen molar-refractivity contribution in [3.63, 3.8) is 0 Å². The summed E-state index contributed by atoms with van der Waals surface area (Å²) in [7, 11) is 0. The molecule has 0 spiro atoms. The maximum absolute atomic E-state index is 5.94. The van der Waals surface area contributed by atoms with Gasteiger partial charge in [0.25, 0.3) is 0 Å². The molecule has 1 aliphatic heterocycles. The van der Waals surface area contributed by atoms with Gasteiger partial charge in [0.15, 0.2) is 5.65 Å². The van der Waals surface area contributed by atoms with Gasteiger partial charge in [0.2, 0.25) is 0 Å². The lowest BCUT2D eigenvalue weighted by molar-refractivity contribution is 0.526. The van der Waals surface area contributed by atoms with Gasteiger partial charge in [0, 0.05) is 18.3 Å². The topological polar surface area (TPSA) is 55.1 Å². The number of halogens is 1. The van der Waals surface area contributed by atoms with Crippen LogP contribution in [-0.2, 0) is 6.42 Å². The predicted molar refractivity (Wildman–Crippen MR) is 81.3 cm³/mol. The zero-order chi connectivity index (χ0) is 14.4. The highest BCUT2D eigenvalue weighted by Crippen LogP contribution is 2.25. The van der Waals surface area contributed by atoms with Crippen molar-refractivity contribution in [3.8, 4) is 11.4 Å². The first kappa shape index (κ1) is 12.7. The fourth-order valence-electron chi connectivity index (χ4n) is 2.73. The van der Waals surface area contributed by atoms with E-state index in [2.05, 4.69) is 28.4 Å². The van der Waals surface area contributed by atoms with E-state index in [9.17, 15) is 0 Å². The Morgan fingerprint density at radius 1 is 1.33 bits per heavy atom. The van der Waals surface area contributed by atoms with Crippen LogP contribution < -0.4 is 5.32 Å². The second-order valence-corrected chi connectivity index (χ2v) is 5.71. The first-order valence-corrected chi connectivity index (χ1v) is 7.33. The minimum atomic E-state index is 0.276. The molecule has 5 nitrogen and oxygen atoms in total. The number of hydrogen-bond acceptors (Lipinski definition) is 4. The van der Waals surface area contributed by atoms with Crippen LogP contribution in [-0.4, -0.2) is 26.1 Å². The van der Waals surface area contributed by atoms with Crippen LogP contribution in [0.1, 0.15) is 24.2 Å². The van der Waals surface area contributed by atoms with E-state index in [1.165, 1.54) is 5.56 Å². The zero-order valence-corrected chi connectivity index (χ0v) is 12.3. The molecule has 1 atom stereocenters. The standard InChI is InChI=1S/C15H14ClN5/c1-9-15-10(4-5-17-9)2-3-12(19-15)13-6-14-18-7-11(16)8-21(14)20-13/h2-3,6-9,17H,4-5H2,1H3. The predicted octanol–water partition coefficient (Wildman–Crippen LogP) is 2.65. The van der Waals surface area contributed by atoms with Gasteiger partial charge in [-0.05, 0) is 31.5 Å². The summed E-state index contributed by atoms with van der Waals surface area (Å²) in [4.78, 5) is 9.04. The summed E-state index contributed by atoms with van der Waals surface area (Å²) >= 11 is 5.94. The molecule has 1 aliphatic rings. The number of nitrogens with one attached hydrogen (secondary N) is 1. The Labute approximate surface area is 127 Å². The van der Waals surface area contributed by atoms with Crippen LogP contribution in [0.15, 0.2) is 30.6 Å². The summed E-state index contributed by atoms with van der Waals surface area (Å²) < 4.78 is 1.68. The van der Waals surface area contributed by atoms with Gasteiger partial charge < -0.3 is 5.32 Å². The third-order valence-electron chi connectivity index (χ3n) is 3.81. The molecule has 0 saturated carbocycles. The first-order valence-electron chi connectivity index (χ1n) is 6.95. The lowest BCUT2D eigenvalue weighted by Gasteiger charge is -2.22. The maximum atomic E-state index is 5.94. The van der Waals surface area contributed by atoms with Crippen LogP contribution in [0.25, 0.3) is 17.0 Å². The Morgan fingerprint density at radius 2 is 2.24 bits per heavy atom. The number of fused-ring (bicyclic) bond motifs is 2. The number of aromatic nitrogens is 4. The van der Waals surface area contributed by atoms with E-state index in [-0.39, 0.29) is 6.04 Å². The second-order valence-electron chi connectivity index (χ2n) is 5.27. The number of rotatable bonds is 1. The van der Waals surface area contributed by atoms with Crippen molar-refractivity contribution in [2.24, 2.45) is 0 Å². The van der Waals surface area contributed by atoms with Gasteiger partial charge in [-0.25, -0.2) is 14.5 Å². The van der Waals surface area contributed by atoms with E-state index in [1.807, 2.05) is 12.1 Å². The molecule has 0 aromatic carbocycles. The van der Waals surface area contributed by atoms with Crippen LogP contribution in [0.5, 0.6) is 0 Å². The molecule has 3 aromatic heterocycles. The summed E-state index contributed by atoms with van der Waals surface area (Å²) in [6, 6.07) is 6.38. The molecule has 1 unspecified atom stereocenters. The zero-order valence-electron chi connectivity index (χ0n) is 11.5. The smallest absolute Gasteiger partial charge is 0.155 e. The van der Waals surface area contributed by atoms with Crippen molar-refractivity contribution in [2.75, 3.05) is 6.54 Å². The molecule has 0 fully saturated rings. The molecule has 3 aromatic rings. The quantitative estimate of drug-likeness (QED) is 0.750. The van der Waals surface area contributed by atoms with Gasteiger partial charge in [-0.1, -0.05) is 17.7 Å². The SMILES string of the molecule is CC1NCCc2ccc(-c3cc4ncc(Cl)cn4n3)nc21. The second kappa shape index (κ2) is 4.79. The van der Waals surface area contributed by atoms with Crippen LogP contribution in [0.4, 0.5) is 0 Å². The van der Waals surface area contributed by atoms with E-state index < -0.39 is 0 Å². The Kier molecular flexibility index (Phi) is 2.90. The van der Waals surface area contributed by atoms with E-state index in [0.29, 0.717) is 5.02 Å². The van der Waals surface area contributed by atoms with E-state index in [4.69, 9.17) is 16.6 Å². The Morgan fingerprint density at radius 3 is 3.14 bits per heavy atom. The lowest BCUT2D eigenvalue weighted by atomic mass is 10.0. The van der Waals surface area contributed by atoms with Gasteiger partial charge in [-0.15, -0.1) is 0 Å². The van der Waals surface area contributed by atoms with Crippen LogP contribution in [0.3, 0.4) is 0 Å². The van der Waals surface area contributed by atoms with Gasteiger partial charge in [0.05, 0.1) is 22.6 Å². The molecule has 106 valence electrons. The average molecular weight is 300 g/mol. The van der Waals surface area contributed by atoms with Gasteiger partial charge >= 0.3 is 0 Å². The summed E-state index contributed by atoms with van der Waals surface area (Å²) in [5, 5.41) is 8.50. The van der Waals surface area contributed by atoms with Gasteiger partial charge in [0.1, 0.15) is 5.69 Å². The fraction of sp³-hybridized carbons (Fsp3) is 0.267. The lowest BCUT2D eigenvalue weighted by Crippen LogP contribution is -2.28. The summed E-state index contributed by atoms with van der Waals surface area (Å²) in [6.45, 7) is 3.14. The average Bonchev–Trinajstić information content (AvgIpc) is 2.90. The Balaban J connectivity index is 1.83. The molecule has 6 heteroatoms. The highest BCUT2D eigenvalue weighted by molar-refractivity contribution is 6.30. The van der Waals surface area contributed by atoms with Crippen molar-refractivity contribution in [1.82, 2.24) is 24.9 Å². The largest absolute Gasteiger partial charge is 0.309 e. The number of pyridine rings is 1. The monoisotopic (exact) mass is 299 g/mol. The molecular formula is C15H14ClN5. The third kappa shape index (κ3) is 2.18. The number of hydrogen-bond donors (Lipinski definition) is 1. The van der Waals surface area contributed by atoms with Crippen molar-refractivity contribution >= 4 is 17.2 Å². The summed E-state index contributed by atoms with van der Waals surface area (Å²) in [6.07, 6.45) is 4.39. The molecular weight excluding hydrogens is 286 g/mol. The Bertz CT molecular complexity index is 826. The number of nitrogens with zero attached hydrogens (tertiary/aromatic N) is 4. The normalized spacial score (nSPS) is 17.9.